The quantitative estimate of drug-likeness (QED) is 0.870. The molecular formula is C15H24N2O. The van der Waals surface area contributed by atoms with E-state index in [-0.39, 0.29) is 5.54 Å². The average molecular weight is 248 g/mol. The minimum Gasteiger partial charge on any atom is -0.495 e. The minimum absolute atomic E-state index is 0.131. The van der Waals surface area contributed by atoms with Crippen LogP contribution in [0, 0.1) is 5.92 Å². The monoisotopic (exact) mass is 248 g/mol. The van der Waals surface area contributed by atoms with Crippen molar-refractivity contribution in [2.24, 2.45) is 5.92 Å². The second-order valence-electron chi connectivity index (χ2n) is 5.92. The highest BCUT2D eigenvalue weighted by molar-refractivity contribution is 5.58. The normalized spacial score (nSPS) is 23.6. The fraction of sp³-hybridized carbons (Fsp3) is 0.600. The van der Waals surface area contributed by atoms with E-state index in [1.165, 1.54) is 5.69 Å². The topological polar surface area (TPSA) is 24.5 Å². The van der Waals surface area contributed by atoms with E-state index in [0.717, 1.165) is 25.4 Å². The summed E-state index contributed by atoms with van der Waals surface area (Å²) in [5.41, 5.74) is 1.33. The highest BCUT2D eigenvalue weighted by atomic mass is 16.5. The molecule has 3 nitrogen and oxygen atoms in total. The number of para-hydroxylation sites is 2. The molecule has 100 valence electrons. The van der Waals surface area contributed by atoms with Crippen molar-refractivity contribution in [1.82, 2.24) is 5.32 Å². The third kappa shape index (κ3) is 2.96. The first kappa shape index (κ1) is 13.2. The first-order valence-corrected chi connectivity index (χ1v) is 6.65. The van der Waals surface area contributed by atoms with Crippen LogP contribution in [0.5, 0.6) is 5.75 Å². The highest BCUT2D eigenvalue weighted by Gasteiger charge is 2.28. The number of nitrogens with one attached hydrogen (secondary N) is 1. The van der Waals surface area contributed by atoms with Gasteiger partial charge in [-0.1, -0.05) is 19.1 Å². The van der Waals surface area contributed by atoms with Crippen LogP contribution in [-0.2, 0) is 0 Å². The van der Waals surface area contributed by atoms with Crippen LogP contribution in [0.4, 0.5) is 5.69 Å². The molecule has 1 unspecified atom stereocenters. The van der Waals surface area contributed by atoms with Gasteiger partial charge < -0.3 is 15.0 Å². The zero-order chi connectivity index (χ0) is 13.2. The molecule has 1 saturated heterocycles. The van der Waals surface area contributed by atoms with Gasteiger partial charge in [-0.3, -0.25) is 0 Å². The number of ether oxygens (including phenoxy) is 1. The summed E-state index contributed by atoms with van der Waals surface area (Å²) < 4.78 is 5.48. The van der Waals surface area contributed by atoms with E-state index in [2.05, 4.69) is 43.1 Å². The summed E-state index contributed by atoms with van der Waals surface area (Å²) in [4.78, 5) is 2.43. The van der Waals surface area contributed by atoms with Gasteiger partial charge in [-0.05, 0) is 38.4 Å². The molecule has 1 aliphatic rings. The molecule has 3 heteroatoms. The van der Waals surface area contributed by atoms with Gasteiger partial charge >= 0.3 is 0 Å². The average Bonchev–Trinajstić information content (AvgIpc) is 2.48. The standard InChI is InChI=1S/C15H24N2O/c1-12-9-16-15(2,3)11-17(10-12)13-7-5-6-8-14(13)18-4/h5-8,12,16H,9-11H2,1-4H3. The number of anilines is 1. The predicted octanol–water partition coefficient (Wildman–Crippen LogP) is 2.52. The van der Waals surface area contributed by atoms with Crippen LogP contribution in [0.3, 0.4) is 0 Å². The lowest BCUT2D eigenvalue weighted by Crippen LogP contribution is -2.46. The Kier molecular flexibility index (Phi) is 3.81. The molecule has 0 amide bonds. The first-order chi connectivity index (χ1) is 8.52. The SMILES string of the molecule is COc1ccccc1N1CC(C)CNC(C)(C)C1. The molecule has 1 aromatic carbocycles. The highest BCUT2D eigenvalue weighted by Crippen LogP contribution is 2.30. The molecule has 0 aromatic heterocycles. The fourth-order valence-corrected chi connectivity index (χ4v) is 2.56. The third-order valence-corrected chi connectivity index (χ3v) is 3.47. The largest absolute Gasteiger partial charge is 0.495 e. The second-order valence-corrected chi connectivity index (χ2v) is 5.92. The molecule has 0 saturated carbocycles. The lowest BCUT2D eigenvalue weighted by molar-refractivity contribution is 0.398. The van der Waals surface area contributed by atoms with Crippen LogP contribution >= 0.6 is 0 Å². The Morgan fingerprint density at radius 3 is 2.78 bits per heavy atom. The molecular weight excluding hydrogens is 224 g/mol. The number of nitrogens with zero attached hydrogens (tertiary/aromatic N) is 1. The predicted molar refractivity (Wildman–Crippen MR) is 76.5 cm³/mol. The van der Waals surface area contributed by atoms with Crippen molar-refractivity contribution in [2.75, 3.05) is 31.6 Å². The van der Waals surface area contributed by atoms with E-state index in [1.54, 1.807) is 7.11 Å². The maximum absolute atomic E-state index is 5.48. The Morgan fingerprint density at radius 2 is 2.06 bits per heavy atom. The summed E-state index contributed by atoms with van der Waals surface area (Å²) >= 11 is 0. The van der Waals surface area contributed by atoms with Crippen LogP contribution in [-0.4, -0.2) is 32.3 Å². The van der Waals surface area contributed by atoms with Crippen molar-refractivity contribution in [1.29, 1.82) is 0 Å². The van der Waals surface area contributed by atoms with Crippen LogP contribution in [0.2, 0.25) is 0 Å². The summed E-state index contributed by atoms with van der Waals surface area (Å²) in [6.07, 6.45) is 0. The van der Waals surface area contributed by atoms with Crippen LogP contribution in [0.1, 0.15) is 20.8 Å². The molecule has 18 heavy (non-hydrogen) atoms. The molecule has 1 fully saturated rings. The molecule has 0 radical (unpaired) electrons. The van der Waals surface area contributed by atoms with E-state index in [0.29, 0.717) is 5.92 Å². The summed E-state index contributed by atoms with van der Waals surface area (Å²) in [5.74, 6) is 1.60. The Bertz CT molecular complexity index is 403. The Balaban J connectivity index is 2.29. The third-order valence-electron chi connectivity index (χ3n) is 3.47. The number of rotatable bonds is 2. The van der Waals surface area contributed by atoms with Gasteiger partial charge in [0.1, 0.15) is 5.75 Å². The molecule has 0 spiro atoms. The molecule has 1 aromatic rings. The van der Waals surface area contributed by atoms with E-state index in [4.69, 9.17) is 4.74 Å². The lowest BCUT2D eigenvalue weighted by Gasteiger charge is -2.32. The molecule has 1 heterocycles. The first-order valence-electron chi connectivity index (χ1n) is 6.65. The number of benzene rings is 1. The zero-order valence-electron chi connectivity index (χ0n) is 11.9. The second kappa shape index (κ2) is 5.19. The van der Waals surface area contributed by atoms with Gasteiger partial charge in [-0.15, -0.1) is 0 Å². The lowest BCUT2D eigenvalue weighted by atomic mass is 10.1. The van der Waals surface area contributed by atoms with Gasteiger partial charge in [0.15, 0.2) is 0 Å². The fourth-order valence-electron chi connectivity index (χ4n) is 2.56. The van der Waals surface area contributed by atoms with Gasteiger partial charge in [0.25, 0.3) is 0 Å². The van der Waals surface area contributed by atoms with E-state index in [1.807, 2.05) is 12.1 Å². The molecule has 1 atom stereocenters. The van der Waals surface area contributed by atoms with Crippen molar-refractivity contribution in [3.63, 3.8) is 0 Å². The van der Waals surface area contributed by atoms with Crippen molar-refractivity contribution < 1.29 is 4.74 Å². The summed E-state index contributed by atoms with van der Waals surface area (Å²) in [6, 6.07) is 8.28. The molecule has 0 bridgehead atoms. The van der Waals surface area contributed by atoms with E-state index in [9.17, 15) is 0 Å². The van der Waals surface area contributed by atoms with Crippen LogP contribution in [0.25, 0.3) is 0 Å². The number of hydrogen-bond acceptors (Lipinski definition) is 3. The summed E-state index contributed by atoms with van der Waals surface area (Å²) in [6.45, 7) is 9.94. The Morgan fingerprint density at radius 1 is 1.33 bits per heavy atom. The van der Waals surface area contributed by atoms with Crippen LogP contribution < -0.4 is 15.0 Å². The molecule has 2 rings (SSSR count). The van der Waals surface area contributed by atoms with Gasteiger partial charge in [-0.25, -0.2) is 0 Å². The maximum Gasteiger partial charge on any atom is 0.142 e. The van der Waals surface area contributed by atoms with Gasteiger partial charge in [0.05, 0.1) is 12.8 Å². The Labute approximate surface area is 110 Å². The van der Waals surface area contributed by atoms with Crippen molar-refractivity contribution in [2.45, 2.75) is 26.3 Å². The van der Waals surface area contributed by atoms with Crippen molar-refractivity contribution >= 4 is 5.69 Å². The van der Waals surface area contributed by atoms with Gasteiger partial charge in [0, 0.05) is 18.6 Å². The smallest absolute Gasteiger partial charge is 0.142 e. The number of methoxy groups -OCH3 is 1. The van der Waals surface area contributed by atoms with Crippen molar-refractivity contribution in [3.8, 4) is 5.75 Å². The van der Waals surface area contributed by atoms with Crippen molar-refractivity contribution in [3.05, 3.63) is 24.3 Å². The molecule has 0 aliphatic carbocycles. The zero-order valence-corrected chi connectivity index (χ0v) is 11.9. The number of hydrogen-bond donors (Lipinski definition) is 1. The van der Waals surface area contributed by atoms with Crippen LogP contribution in [0.15, 0.2) is 24.3 Å². The maximum atomic E-state index is 5.48. The van der Waals surface area contributed by atoms with Gasteiger partial charge in [-0.2, -0.15) is 0 Å². The van der Waals surface area contributed by atoms with Gasteiger partial charge in [0.2, 0.25) is 0 Å². The molecule has 1 N–H and O–H groups in total. The minimum atomic E-state index is 0.131. The molecule has 1 aliphatic heterocycles. The summed E-state index contributed by atoms with van der Waals surface area (Å²) in [7, 11) is 1.74. The Hall–Kier alpha value is -1.22. The van der Waals surface area contributed by atoms with E-state index < -0.39 is 0 Å². The van der Waals surface area contributed by atoms with E-state index >= 15 is 0 Å². The summed E-state index contributed by atoms with van der Waals surface area (Å²) in [5, 5.41) is 3.63.